The van der Waals surface area contributed by atoms with E-state index >= 15 is 0 Å². The van der Waals surface area contributed by atoms with Crippen molar-refractivity contribution in [2.75, 3.05) is 51.7 Å². The topological polar surface area (TPSA) is 91.3 Å². The molecule has 1 aliphatic rings. The van der Waals surface area contributed by atoms with Gasteiger partial charge in [0.2, 0.25) is 0 Å². The summed E-state index contributed by atoms with van der Waals surface area (Å²) in [7, 11) is 2.12. The van der Waals surface area contributed by atoms with E-state index in [1.54, 1.807) is 39.0 Å². The van der Waals surface area contributed by atoms with Crippen LogP contribution in [0.1, 0.15) is 41.5 Å². The highest BCUT2D eigenvalue weighted by Gasteiger charge is 2.23. The number of benzene rings is 3. The number of ether oxygens (including phenoxy) is 2. The van der Waals surface area contributed by atoms with Gasteiger partial charge in [0.1, 0.15) is 23.7 Å². The number of aromatic hydroxyl groups is 1. The molecule has 3 aromatic rings. The number of phenols is 1. The lowest BCUT2D eigenvalue weighted by molar-refractivity contribution is 0.00707. The quantitative estimate of drug-likeness (QED) is 0.400. The highest BCUT2D eigenvalue weighted by Crippen LogP contribution is 2.30. The van der Waals surface area contributed by atoms with E-state index in [1.807, 2.05) is 36.4 Å². The van der Waals surface area contributed by atoms with Crippen LogP contribution in [0.25, 0.3) is 11.1 Å². The van der Waals surface area contributed by atoms with E-state index in [2.05, 4.69) is 22.2 Å². The van der Waals surface area contributed by atoms with Crippen molar-refractivity contribution in [1.29, 1.82) is 0 Å². The largest absolute Gasteiger partial charge is 0.507 e. The van der Waals surface area contributed by atoms with Gasteiger partial charge in [-0.1, -0.05) is 36.4 Å². The van der Waals surface area contributed by atoms with Crippen molar-refractivity contribution < 1.29 is 24.2 Å². The Morgan fingerprint density at radius 2 is 1.59 bits per heavy atom. The molecule has 2 N–H and O–H groups in total. The Morgan fingerprint density at radius 1 is 0.897 bits per heavy atom. The zero-order chi connectivity index (χ0) is 28.0. The number of nitrogens with zero attached hydrogens (tertiary/aromatic N) is 2. The van der Waals surface area contributed by atoms with E-state index in [4.69, 9.17) is 9.47 Å². The molecule has 0 radical (unpaired) electrons. The Labute approximate surface area is 230 Å². The summed E-state index contributed by atoms with van der Waals surface area (Å²) in [5.41, 5.74) is 1.65. The van der Waals surface area contributed by atoms with Crippen LogP contribution in [0.4, 0.5) is 5.69 Å². The SMILES string of the molecule is CN1CCN(CCOc2ccc(C(=O)Nc3cc(-c4ccccc4)ccc3C(=O)OC(C)(C)C)c(O)c2)CC1. The third-order valence-corrected chi connectivity index (χ3v) is 6.48. The zero-order valence-corrected chi connectivity index (χ0v) is 23.1. The predicted octanol–water partition coefficient (Wildman–Crippen LogP) is 4.89. The summed E-state index contributed by atoms with van der Waals surface area (Å²) in [6.07, 6.45) is 0. The van der Waals surface area contributed by atoms with Crippen LogP contribution in [-0.4, -0.2) is 78.8 Å². The Balaban J connectivity index is 1.49. The van der Waals surface area contributed by atoms with Gasteiger partial charge >= 0.3 is 5.97 Å². The van der Waals surface area contributed by atoms with Gasteiger partial charge < -0.3 is 24.8 Å². The van der Waals surface area contributed by atoms with Crippen molar-refractivity contribution in [3.8, 4) is 22.6 Å². The van der Waals surface area contributed by atoms with Gasteiger partial charge in [-0.05, 0) is 63.2 Å². The Morgan fingerprint density at radius 3 is 2.26 bits per heavy atom. The third kappa shape index (κ3) is 7.81. The number of hydrogen-bond donors (Lipinski definition) is 2. The molecule has 1 amide bonds. The fourth-order valence-corrected chi connectivity index (χ4v) is 4.32. The first-order chi connectivity index (χ1) is 18.6. The molecular formula is C31H37N3O5. The van der Waals surface area contributed by atoms with Crippen LogP contribution in [0.5, 0.6) is 11.5 Å². The van der Waals surface area contributed by atoms with Gasteiger partial charge in [0, 0.05) is 38.8 Å². The second-order valence-corrected chi connectivity index (χ2v) is 10.8. The number of esters is 1. The van der Waals surface area contributed by atoms with E-state index in [-0.39, 0.29) is 16.9 Å². The van der Waals surface area contributed by atoms with E-state index in [9.17, 15) is 14.7 Å². The van der Waals surface area contributed by atoms with Gasteiger partial charge in [-0.15, -0.1) is 0 Å². The molecule has 0 unspecified atom stereocenters. The van der Waals surface area contributed by atoms with Gasteiger partial charge in [0.05, 0.1) is 16.8 Å². The molecule has 3 aromatic carbocycles. The highest BCUT2D eigenvalue weighted by atomic mass is 16.6. The number of likely N-dealkylation sites (N-methyl/N-ethyl adjacent to an activating group) is 1. The molecular weight excluding hydrogens is 494 g/mol. The van der Waals surface area contributed by atoms with Crippen molar-refractivity contribution in [3.05, 3.63) is 77.9 Å². The van der Waals surface area contributed by atoms with Crippen molar-refractivity contribution in [3.63, 3.8) is 0 Å². The maximum absolute atomic E-state index is 13.2. The molecule has 0 spiro atoms. The number of rotatable bonds is 8. The summed E-state index contributed by atoms with van der Waals surface area (Å²) < 4.78 is 11.4. The lowest BCUT2D eigenvalue weighted by atomic mass is 10.0. The number of phenolic OH excluding ortho intramolecular Hbond substituents is 1. The fraction of sp³-hybridized carbons (Fsp3) is 0.355. The van der Waals surface area contributed by atoms with Crippen LogP contribution < -0.4 is 10.1 Å². The van der Waals surface area contributed by atoms with Gasteiger partial charge in [-0.2, -0.15) is 0 Å². The van der Waals surface area contributed by atoms with Gasteiger partial charge in [0.25, 0.3) is 5.91 Å². The molecule has 1 fully saturated rings. The van der Waals surface area contributed by atoms with Crippen molar-refractivity contribution in [2.45, 2.75) is 26.4 Å². The monoisotopic (exact) mass is 531 g/mol. The normalized spacial score (nSPS) is 14.6. The second kappa shape index (κ2) is 12.3. The van der Waals surface area contributed by atoms with Crippen LogP contribution in [0.3, 0.4) is 0 Å². The molecule has 1 heterocycles. The third-order valence-electron chi connectivity index (χ3n) is 6.48. The first-order valence-electron chi connectivity index (χ1n) is 13.2. The minimum atomic E-state index is -0.699. The molecule has 0 aliphatic carbocycles. The molecule has 8 nitrogen and oxygen atoms in total. The highest BCUT2D eigenvalue weighted by molar-refractivity contribution is 6.09. The maximum atomic E-state index is 13.2. The zero-order valence-electron chi connectivity index (χ0n) is 23.1. The average Bonchev–Trinajstić information content (AvgIpc) is 2.89. The van der Waals surface area contributed by atoms with Gasteiger partial charge in [-0.3, -0.25) is 9.69 Å². The number of anilines is 1. The van der Waals surface area contributed by atoms with Crippen LogP contribution in [0, 0.1) is 0 Å². The number of carbonyl (C=O) groups is 2. The molecule has 4 rings (SSSR count). The standard InChI is InChI=1S/C31H37N3O5/c1-31(2,3)39-30(37)25-12-10-23(22-8-6-5-7-9-22)20-27(25)32-29(36)26-13-11-24(21-28(26)35)38-19-18-34-16-14-33(4)15-17-34/h5-13,20-21,35H,14-19H2,1-4H3,(H,32,36). The number of carbonyl (C=O) groups excluding carboxylic acids is 2. The molecule has 206 valence electrons. The first-order valence-corrected chi connectivity index (χ1v) is 13.2. The Kier molecular flexibility index (Phi) is 8.89. The predicted molar refractivity (Wildman–Crippen MR) is 153 cm³/mol. The average molecular weight is 532 g/mol. The number of hydrogen-bond acceptors (Lipinski definition) is 7. The van der Waals surface area contributed by atoms with E-state index in [1.165, 1.54) is 12.1 Å². The summed E-state index contributed by atoms with van der Waals surface area (Å²) in [5, 5.41) is 13.4. The van der Waals surface area contributed by atoms with Crippen LogP contribution in [0.2, 0.25) is 0 Å². The summed E-state index contributed by atoms with van der Waals surface area (Å²) >= 11 is 0. The van der Waals surface area contributed by atoms with Crippen LogP contribution >= 0.6 is 0 Å². The summed E-state index contributed by atoms with van der Waals surface area (Å²) in [5.74, 6) is -0.821. The molecule has 1 saturated heterocycles. The van der Waals surface area contributed by atoms with Crippen molar-refractivity contribution in [2.24, 2.45) is 0 Å². The van der Waals surface area contributed by atoms with Crippen LogP contribution in [0.15, 0.2) is 66.7 Å². The Hall–Kier alpha value is -3.88. The minimum absolute atomic E-state index is 0.0710. The van der Waals surface area contributed by atoms with E-state index in [0.717, 1.165) is 43.9 Å². The maximum Gasteiger partial charge on any atom is 0.340 e. The summed E-state index contributed by atoms with van der Waals surface area (Å²) in [4.78, 5) is 30.8. The minimum Gasteiger partial charge on any atom is -0.507 e. The van der Waals surface area contributed by atoms with Gasteiger partial charge in [-0.25, -0.2) is 4.79 Å². The number of nitrogens with one attached hydrogen (secondary N) is 1. The molecule has 8 heteroatoms. The smallest absolute Gasteiger partial charge is 0.340 e. The molecule has 0 atom stereocenters. The summed E-state index contributed by atoms with van der Waals surface area (Å²) in [6.45, 7) is 10.7. The molecule has 1 aliphatic heterocycles. The van der Waals surface area contributed by atoms with E-state index < -0.39 is 17.5 Å². The van der Waals surface area contributed by atoms with E-state index in [0.29, 0.717) is 18.0 Å². The Bertz CT molecular complexity index is 1300. The van der Waals surface area contributed by atoms with Crippen molar-refractivity contribution in [1.82, 2.24) is 9.80 Å². The van der Waals surface area contributed by atoms with Crippen LogP contribution in [-0.2, 0) is 4.74 Å². The lowest BCUT2D eigenvalue weighted by Gasteiger charge is -2.32. The fourth-order valence-electron chi connectivity index (χ4n) is 4.32. The van der Waals surface area contributed by atoms with Crippen molar-refractivity contribution >= 4 is 17.6 Å². The summed E-state index contributed by atoms with van der Waals surface area (Å²) in [6, 6.07) is 19.5. The number of amides is 1. The first kappa shape index (κ1) is 28.1. The molecule has 0 saturated carbocycles. The molecule has 0 aromatic heterocycles. The molecule has 39 heavy (non-hydrogen) atoms. The second-order valence-electron chi connectivity index (χ2n) is 10.8. The number of piperazine rings is 1. The van der Waals surface area contributed by atoms with Gasteiger partial charge in [0.15, 0.2) is 0 Å². The lowest BCUT2D eigenvalue weighted by Crippen LogP contribution is -2.45. The molecule has 0 bridgehead atoms.